The summed E-state index contributed by atoms with van der Waals surface area (Å²) in [5.74, 6) is 0. The number of anilines is 1. The number of aliphatic hydroxyl groups excluding tert-OH is 1. The number of benzene rings is 1. The molecule has 122 valence electrons. The van der Waals surface area contributed by atoms with E-state index in [-0.39, 0.29) is 12.7 Å². The molecule has 23 heavy (non-hydrogen) atoms. The van der Waals surface area contributed by atoms with Crippen LogP contribution >= 0.6 is 11.3 Å². The predicted octanol–water partition coefficient (Wildman–Crippen LogP) is 2.73. The fourth-order valence-electron chi connectivity index (χ4n) is 2.58. The minimum Gasteiger partial charge on any atom is -0.389 e. The first-order valence-electron chi connectivity index (χ1n) is 7.86. The number of nitrogens with zero attached hydrogens (tertiary/aromatic N) is 3. The zero-order valence-corrected chi connectivity index (χ0v) is 13.8. The molecule has 0 amide bonds. The van der Waals surface area contributed by atoms with Crippen LogP contribution in [0.5, 0.6) is 0 Å². The van der Waals surface area contributed by atoms with Gasteiger partial charge in [0.15, 0.2) is 0 Å². The Balaban J connectivity index is 1.67. The van der Waals surface area contributed by atoms with E-state index in [4.69, 9.17) is 4.74 Å². The first-order valence-corrected chi connectivity index (χ1v) is 8.68. The lowest BCUT2D eigenvalue weighted by Gasteiger charge is -2.23. The molecular weight excluding hydrogens is 310 g/mol. The van der Waals surface area contributed by atoms with E-state index in [1.807, 2.05) is 18.2 Å². The normalized spacial score (nSPS) is 17.9. The van der Waals surface area contributed by atoms with E-state index in [9.17, 15) is 5.11 Å². The molecule has 6 heteroatoms. The van der Waals surface area contributed by atoms with Crippen molar-refractivity contribution in [2.45, 2.75) is 25.6 Å². The highest BCUT2D eigenvalue weighted by molar-refractivity contribution is 7.15. The SMILES string of the molecule is OCc1nnc(N(C/C=C/c2ccccc2)CC2CCCO2)s1. The smallest absolute Gasteiger partial charge is 0.208 e. The Morgan fingerprint density at radius 1 is 1.30 bits per heavy atom. The van der Waals surface area contributed by atoms with Crippen LogP contribution in [0.2, 0.25) is 0 Å². The number of aliphatic hydroxyl groups is 1. The van der Waals surface area contributed by atoms with Crippen LogP contribution in [-0.4, -0.2) is 41.1 Å². The summed E-state index contributed by atoms with van der Waals surface area (Å²) in [5.41, 5.74) is 1.18. The third-order valence-electron chi connectivity index (χ3n) is 3.75. The standard InChI is InChI=1S/C17H21N3O2S/c21-13-16-18-19-17(23-16)20(12-15-9-5-11-22-15)10-4-8-14-6-2-1-3-7-14/h1-4,6-8,15,21H,5,9-13H2/b8-4+. The Kier molecular flexibility index (Phi) is 5.74. The molecule has 1 atom stereocenters. The number of hydrogen-bond donors (Lipinski definition) is 1. The van der Waals surface area contributed by atoms with Gasteiger partial charge < -0.3 is 14.7 Å². The Morgan fingerprint density at radius 3 is 2.87 bits per heavy atom. The summed E-state index contributed by atoms with van der Waals surface area (Å²) in [4.78, 5) is 2.17. The maximum atomic E-state index is 9.19. The van der Waals surface area contributed by atoms with Gasteiger partial charge in [0.05, 0.1) is 12.7 Å². The summed E-state index contributed by atoms with van der Waals surface area (Å²) in [6, 6.07) is 10.2. The summed E-state index contributed by atoms with van der Waals surface area (Å²) in [6.45, 7) is 2.33. The summed E-state index contributed by atoms with van der Waals surface area (Å²) in [5, 5.41) is 18.9. The molecule has 1 N–H and O–H groups in total. The molecule has 5 nitrogen and oxygen atoms in total. The zero-order chi connectivity index (χ0) is 15.9. The van der Waals surface area contributed by atoms with Gasteiger partial charge >= 0.3 is 0 Å². The van der Waals surface area contributed by atoms with Gasteiger partial charge in [-0.3, -0.25) is 0 Å². The highest BCUT2D eigenvalue weighted by atomic mass is 32.1. The van der Waals surface area contributed by atoms with Crippen molar-refractivity contribution in [1.82, 2.24) is 10.2 Å². The lowest BCUT2D eigenvalue weighted by atomic mass is 10.2. The second-order valence-corrected chi connectivity index (χ2v) is 6.53. The number of hydrogen-bond acceptors (Lipinski definition) is 6. The third-order valence-corrected chi connectivity index (χ3v) is 4.71. The lowest BCUT2D eigenvalue weighted by molar-refractivity contribution is 0.116. The van der Waals surface area contributed by atoms with Crippen LogP contribution in [0.4, 0.5) is 5.13 Å². The van der Waals surface area contributed by atoms with E-state index in [0.29, 0.717) is 5.01 Å². The van der Waals surface area contributed by atoms with Gasteiger partial charge in [0.2, 0.25) is 5.13 Å². The fourth-order valence-corrected chi connectivity index (χ4v) is 3.30. The van der Waals surface area contributed by atoms with E-state index in [2.05, 4.69) is 39.4 Å². The van der Waals surface area contributed by atoms with E-state index < -0.39 is 0 Å². The van der Waals surface area contributed by atoms with E-state index in [1.165, 1.54) is 16.9 Å². The van der Waals surface area contributed by atoms with Crippen LogP contribution in [0.25, 0.3) is 6.08 Å². The first kappa shape index (κ1) is 16.1. The molecule has 1 aromatic heterocycles. The molecule has 0 radical (unpaired) electrons. The van der Waals surface area contributed by atoms with Crippen molar-refractivity contribution in [3.05, 3.63) is 47.0 Å². The van der Waals surface area contributed by atoms with Crippen molar-refractivity contribution < 1.29 is 9.84 Å². The van der Waals surface area contributed by atoms with Crippen LogP contribution in [0, 0.1) is 0 Å². The van der Waals surface area contributed by atoms with E-state index >= 15 is 0 Å². The second kappa shape index (κ2) is 8.19. The summed E-state index contributed by atoms with van der Waals surface area (Å²) in [7, 11) is 0. The second-order valence-electron chi connectivity index (χ2n) is 5.49. The van der Waals surface area contributed by atoms with Gasteiger partial charge in [-0.05, 0) is 18.4 Å². The quantitative estimate of drug-likeness (QED) is 0.845. The van der Waals surface area contributed by atoms with Crippen molar-refractivity contribution >= 4 is 22.5 Å². The number of aromatic nitrogens is 2. The fraction of sp³-hybridized carbons (Fsp3) is 0.412. The largest absolute Gasteiger partial charge is 0.389 e. The molecule has 0 spiro atoms. The predicted molar refractivity (Wildman–Crippen MR) is 92.5 cm³/mol. The Labute approximate surface area is 140 Å². The molecule has 1 aliphatic rings. The van der Waals surface area contributed by atoms with Gasteiger partial charge in [-0.1, -0.05) is 53.8 Å². The van der Waals surface area contributed by atoms with Gasteiger partial charge in [0, 0.05) is 19.7 Å². The maximum absolute atomic E-state index is 9.19. The van der Waals surface area contributed by atoms with Crippen LogP contribution in [0.1, 0.15) is 23.4 Å². The lowest BCUT2D eigenvalue weighted by Crippen LogP contribution is -2.32. The van der Waals surface area contributed by atoms with Crippen molar-refractivity contribution in [3.63, 3.8) is 0 Å². The van der Waals surface area contributed by atoms with Gasteiger partial charge in [-0.25, -0.2) is 0 Å². The highest BCUT2D eigenvalue weighted by Crippen LogP contribution is 2.23. The third kappa shape index (κ3) is 4.60. The summed E-state index contributed by atoms with van der Waals surface area (Å²) >= 11 is 1.43. The minimum absolute atomic E-state index is 0.0642. The van der Waals surface area contributed by atoms with Gasteiger partial charge in [0.1, 0.15) is 5.01 Å². The maximum Gasteiger partial charge on any atom is 0.208 e. The molecule has 0 bridgehead atoms. The molecule has 1 fully saturated rings. The van der Waals surface area contributed by atoms with Crippen LogP contribution in [0.3, 0.4) is 0 Å². The topological polar surface area (TPSA) is 58.5 Å². The minimum atomic E-state index is -0.0642. The van der Waals surface area contributed by atoms with E-state index in [0.717, 1.165) is 37.7 Å². The molecule has 0 aliphatic carbocycles. The average Bonchev–Trinajstić information content (AvgIpc) is 3.26. The molecule has 1 saturated heterocycles. The summed E-state index contributed by atoms with van der Waals surface area (Å²) in [6.07, 6.45) is 6.70. The van der Waals surface area contributed by atoms with Crippen molar-refractivity contribution in [2.24, 2.45) is 0 Å². The molecular formula is C17H21N3O2S. The van der Waals surface area contributed by atoms with Gasteiger partial charge in [-0.2, -0.15) is 0 Å². The van der Waals surface area contributed by atoms with Crippen molar-refractivity contribution in [1.29, 1.82) is 0 Å². The van der Waals surface area contributed by atoms with Crippen molar-refractivity contribution in [2.75, 3.05) is 24.6 Å². The van der Waals surface area contributed by atoms with E-state index in [1.54, 1.807) is 0 Å². The van der Waals surface area contributed by atoms with Gasteiger partial charge in [0.25, 0.3) is 0 Å². The van der Waals surface area contributed by atoms with Gasteiger partial charge in [-0.15, -0.1) is 10.2 Å². The number of ether oxygens (including phenoxy) is 1. The molecule has 1 aliphatic heterocycles. The highest BCUT2D eigenvalue weighted by Gasteiger charge is 2.21. The molecule has 1 aromatic carbocycles. The Hall–Kier alpha value is -1.76. The molecule has 2 heterocycles. The molecule has 3 rings (SSSR count). The Morgan fingerprint density at radius 2 is 2.17 bits per heavy atom. The van der Waals surface area contributed by atoms with Crippen LogP contribution in [-0.2, 0) is 11.3 Å². The first-order chi connectivity index (χ1) is 11.3. The summed E-state index contributed by atoms with van der Waals surface area (Å²) < 4.78 is 5.74. The van der Waals surface area contributed by atoms with Crippen LogP contribution in [0.15, 0.2) is 36.4 Å². The average molecular weight is 331 g/mol. The Bertz CT molecular complexity index is 624. The molecule has 0 saturated carbocycles. The van der Waals surface area contributed by atoms with Crippen LogP contribution < -0.4 is 4.90 Å². The zero-order valence-electron chi connectivity index (χ0n) is 13.0. The molecule has 1 unspecified atom stereocenters. The van der Waals surface area contributed by atoms with Crippen molar-refractivity contribution in [3.8, 4) is 0 Å². The number of rotatable bonds is 7. The monoisotopic (exact) mass is 331 g/mol. The molecule has 2 aromatic rings.